The van der Waals surface area contributed by atoms with Crippen LogP contribution in [0, 0.1) is 13.8 Å². The fraction of sp³-hybridized carbons (Fsp3) is 0.333. The van der Waals surface area contributed by atoms with E-state index in [0.29, 0.717) is 39.9 Å². The number of carbonyl (C=O) groups is 2. The lowest BCUT2D eigenvalue weighted by Crippen LogP contribution is -2.28. The molecule has 1 atom stereocenters. The highest BCUT2D eigenvalue weighted by atomic mass is 19.4. The van der Waals surface area contributed by atoms with Gasteiger partial charge in [0.25, 0.3) is 0 Å². The highest BCUT2D eigenvalue weighted by Gasteiger charge is 2.32. The summed E-state index contributed by atoms with van der Waals surface area (Å²) in [6.45, 7) is 11.7. The lowest BCUT2D eigenvalue weighted by atomic mass is 9.99. The molecule has 0 radical (unpaired) electrons. The van der Waals surface area contributed by atoms with Crippen LogP contribution in [0.3, 0.4) is 0 Å². The third kappa shape index (κ3) is 7.72. The lowest BCUT2D eigenvalue weighted by Gasteiger charge is -2.17. The minimum atomic E-state index is -4.86. The number of esters is 1. The van der Waals surface area contributed by atoms with E-state index < -0.39 is 18.4 Å². The normalized spacial score (nSPS) is 11.8. The summed E-state index contributed by atoms with van der Waals surface area (Å²) in [7, 11) is 0. The van der Waals surface area contributed by atoms with Crippen molar-refractivity contribution in [2.24, 2.45) is 0 Å². The quantitative estimate of drug-likeness (QED) is 0.139. The Morgan fingerprint density at radius 1 is 0.905 bits per heavy atom. The van der Waals surface area contributed by atoms with Gasteiger partial charge in [-0.1, -0.05) is 62.7 Å². The molecule has 3 aromatic carbocycles. The van der Waals surface area contributed by atoms with Crippen LogP contribution in [-0.2, 0) is 16.1 Å². The van der Waals surface area contributed by atoms with Crippen molar-refractivity contribution in [3.8, 4) is 11.5 Å². The van der Waals surface area contributed by atoms with E-state index in [0.717, 1.165) is 11.1 Å². The van der Waals surface area contributed by atoms with Gasteiger partial charge in [0.05, 0.1) is 17.7 Å². The molecule has 42 heavy (non-hydrogen) atoms. The number of nitrogens with zero attached hydrogens (tertiary/aromatic N) is 1. The molecule has 0 N–H and O–H groups in total. The number of fused-ring (bicyclic) bond motifs is 1. The molecule has 0 saturated carbocycles. The molecular weight excluding hydrogens is 547 g/mol. The van der Waals surface area contributed by atoms with Crippen molar-refractivity contribution in [3.63, 3.8) is 0 Å². The van der Waals surface area contributed by atoms with Crippen molar-refractivity contribution >= 4 is 22.7 Å². The number of ether oxygens (including phenoxy) is 3. The van der Waals surface area contributed by atoms with Crippen LogP contribution < -0.4 is 9.47 Å². The van der Waals surface area contributed by atoms with Gasteiger partial charge in [-0.2, -0.15) is 0 Å². The van der Waals surface area contributed by atoms with Crippen LogP contribution >= 0.6 is 0 Å². The molecule has 4 aromatic rings. The topological polar surface area (TPSA) is 66.8 Å². The number of aromatic nitrogens is 1. The van der Waals surface area contributed by atoms with E-state index in [-0.39, 0.29) is 24.7 Å². The molecule has 6 nitrogen and oxygen atoms in total. The standard InChI is InChI=1S/C31H30F3NO5.C2H6/c1-5-27(30(37)38-6-2)39-23-9-7-8-21(16-23)18-35-20(4)28(29(36)22-12-10-19(3)11-13-22)25-15-14-24(17-26(25)35)40-31(32,33)34;1-2/h7-17,27H,5-6,18H2,1-4H3;1-2H3. The molecule has 1 aromatic heterocycles. The van der Waals surface area contributed by atoms with Gasteiger partial charge in [-0.3, -0.25) is 4.79 Å². The maximum atomic E-state index is 13.6. The lowest BCUT2D eigenvalue weighted by molar-refractivity contribution is -0.274. The van der Waals surface area contributed by atoms with Crippen molar-refractivity contribution < 1.29 is 37.0 Å². The van der Waals surface area contributed by atoms with Crippen molar-refractivity contribution in [1.29, 1.82) is 0 Å². The number of rotatable bonds is 10. The predicted molar refractivity (Wildman–Crippen MR) is 156 cm³/mol. The molecule has 0 fully saturated rings. The van der Waals surface area contributed by atoms with Crippen LogP contribution in [0.2, 0.25) is 0 Å². The first-order chi connectivity index (χ1) is 20.0. The molecule has 0 aliphatic heterocycles. The monoisotopic (exact) mass is 583 g/mol. The first-order valence-corrected chi connectivity index (χ1v) is 13.9. The second-order valence-electron chi connectivity index (χ2n) is 9.38. The van der Waals surface area contributed by atoms with Gasteiger partial charge >= 0.3 is 12.3 Å². The van der Waals surface area contributed by atoms with Gasteiger partial charge in [-0.05, 0) is 57.0 Å². The molecule has 0 bridgehead atoms. The van der Waals surface area contributed by atoms with Gasteiger partial charge in [0, 0.05) is 29.3 Å². The van der Waals surface area contributed by atoms with E-state index in [9.17, 15) is 22.8 Å². The molecule has 0 spiro atoms. The van der Waals surface area contributed by atoms with E-state index >= 15 is 0 Å². The van der Waals surface area contributed by atoms with E-state index in [2.05, 4.69) is 4.74 Å². The molecule has 1 heterocycles. The highest BCUT2D eigenvalue weighted by Crippen LogP contribution is 2.34. The summed E-state index contributed by atoms with van der Waals surface area (Å²) in [6.07, 6.45) is -5.22. The molecule has 0 amide bonds. The van der Waals surface area contributed by atoms with Crippen molar-refractivity contribution in [1.82, 2.24) is 4.57 Å². The number of benzene rings is 3. The number of halogens is 3. The van der Waals surface area contributed by atoms with Crippen LogP contribution in [0.4, 0.5) is 13.2 Å². The van der Waals surface area contributed by atoms with Gasteiger partial charge in [0.15, 0.2) is 11.9 Å². The highest BCUT2D eigenvalue weighted by molar-refractivity contribution is 6.17. The maximum Gasteiger partial charge on any atom is 0.573 e. The molecule has 9 heteroatoms. The van der Waals surface area contributed by atoms with Gasteiger partial charge in [0.2, 0.25) is 0 Å². The van der Waals surface area contributed by atoms with Crippen LogP contribution in [0.25, 0.3) is 10.9 Å². The SMILES string of the molecule is CC.CCOC(=O)C(CC)Oc1cccc(Cn2c(C)c(C(=O)c3ccc(C)cc3)c3ccc(OC(F)(F)F)cc32)c1. The van der Waals surface area contributed by atoms with E-state index in [4.69, 9.17) is 9.47 Å². The summed E-state index contributed by atoms with van der Waals surface area (Å²) < 4.78 is 55.9. The van der Waals surface area contributed by atoms with Crippen LogP contribution in [0.5, 0.6) is 11.5 Å². The van der Waals surface area contributed by atoms with Crippen LogP contribution in [-0.4, -0.2) is 35.4 Å². The number of aryl methyl sites for hydroxylation is 1. The fourth-order valence-electron chi connectivity index (χ4n) is 4.59. The third-order valence-electron chi connectivity index (χ3n) is 6.51. The molecule has 4 rings (SSSR count). The van der Waals surface area contributed by atoms with E-state index in [1.807, 2.05) is 45.9 Å². The Morgan fingerprint density at radius 3 is 2.21 bits per heavy atom. The smallest absolute Gasteiger partial charge is 0.479 e. The summed E-state index contributed by atoms with van der Waals surface area (Å²) in [5, 5.41) is 0.512. The molecule has 0 aliphatic rings. The average molecular weight is 584 g/mol. The number of hydrogen-bond donors (Lipinski definition) is 0. The summed E-state index contributed by atoms with van der Waals surface area (Å²) >= 11 is 0. The number of carbonyl (C=O) groups excluding carboxylic acids is 2. The third-order valence-corrected chi connectivity index (χ3v) is 6.51. The molecule has 224 valence electrons. The largest absolute Gasteiger partial charge is 0.573 e. The minimum absolute atomic E-state index is 0.229. The Labute approximate surface area is 244 Å². The Hall–Kier alpha value is -4.27. The van der Waals surface area contributed by atoms with Crippen molar-refractivity contribution in [2.75, 3.05) is 6.61 Å². The first kappa shape index (κ1) is 32.2. The predicted octanol–water partition coefficient (Wildman–Crippen LogP) is 8.18. The second-order valence-corrected chi connectivity index (χ2v) is 9.38. The summed E-state index contributed by atoms with van der Waals surface area (Å²) in [6, 6.07) is 18.2. The Morgan fingerprint density at radius 2 is 1.60 bits per heavy atom. The van der Waals surface area contributed by atoms with E-state index in [1.54, 1.807) is 48.7 Å². The summed E-state index contributed by atoms with van der Waals surface area (Å²) in [5.74, 6) is -0.629. The zero-order valence-corrected chi connectivity index (χ0v) is 24.7. The van der Waals surface area contributed by atoms with Gasteiger partial charge in [-0.25, -0.2) is 4.79 Å². The van der Waals surface area contributed by atoms with Crippen molar-refractivity contribution in [3.05, 3.63) is 94.7 Å². The number of hydrogen-bond acceptors (Lipinski definition) is 5. The van der Waals surface area contributed by atoms with Crippen LogP contribution in [0.15, 0.2) is 66.7 Å². The zero-order chi connectivity index (χ0) is 31.0. The number of alkyl halides is 3. The minimum Gasteiger partial charge on any atom is -0.479 e. The zero-order valence-electron chi connectivity index (χ0n) is 24.7. The molecule has 0 saturated heterocycles. The summed E-state index contributed by atoms with van der Waals surface area (Å²) in [4.78, 5) is 25.8. The number of ketones is 1. The second kappa shape index (κ2) is 14.1. The first-order valence-electron chi connectivity index (χ1n) is 13.9. The maximum absolute atomic E-state index is 13.6. The fourth-order valence-corrected chi connectivity index (χ4v) is 4.59. The Kier molecular flexibility index (Phi) is 10.8. The van der Waals surface area contributed by atoms with Crippen LogP contribution in [0.1, 0.15) is 66.9 Å². The van der Waals surface area contributed by atoms with Gasteiger partial charge in [-0.15, -0.1) is 13.2 Å². The molecular formula is C33H36F3NO5. The Balaban J connectivity index is 0.00000237. The van der Waals surface area contributed by atoms with E-state index in [1.165, 1.54) is 18.2 Å². The van der Waals surface area contributed by atoms with Gasteiger partial charge in [0.1, 0.15) is 11.5 Å². The Bertz CT molecular complexity index is 1520. The van der Waals surface area contributed by atoms with Gasteiger partial charge < -0.3 is 18.8 Å². The molecule has 0 aliphatic carbocycles. The summed E-state index contributed by atoms with van der Waals surface area (Å²) in [5.41, 5.74) is 3.64. The average Bonchev–Trinajstić information content (AvgIpc) is 3.22. The molecule has 1 unspecified atom stereocenters. The van der Waals surface area contributed by atoms with Crippen molar-refractivity contribution in [2.45, 2.75) is 67.0 Å².